The van der Waals surface area contributed by atoms with Gasteiger partial charge in [0.05, 0.1) is 18.6 Å². The van der Waals surface area contributed by atoms with Gasteiger partial charge in [0.1, 0.15) is 0 Å². The number of halogens is 2. The number of rotatable bonds is 4. The predicted molar refractivity (Wildman–Crippen MR) is 73.4 cm³/mol. The van der Waals surface area contributed by atoms with Gasteiger partial charge in [-0.15, -0.1) is 0 Å². The van der Waals surface area contributed by atoms with E-state index in [1.54, 1.807) is 12.5 Å². The highest BCUT2D eigenvalue weighted by Gasteiger charge is 2.17. The van der Waals surface area contributed by atoms with E-state index in [-0.39, 0.29) is 6.04 Å². The van der Waals surface area contributed by atoms with E-state index in [9.17, 15) is 0 Å². The van der Waals surface area contributed by atoms with Crippen LogP contribution in [-0.4, -0.2) is 6.54 Å². The largest absolute Gasteiger partial charge is 0.472 e. The fraction of sp³-hybridized carbons (Fsp3) is 0.231. The van der Waals surface area contributed by atoms with Crippen LogP contribution >= 0.6 is 27.5 Å². The quantitative estimate of drug-likeness (QED) is 0.905. The molecule has 1 N–H and O–H groups in total. The lowest BCUT2D eigenvalue weighted by molar-refractivity contribution is 0.553. The molecule has 1 heterocycles. The van der Waals surface area contributed by atoms with Crippen molar-refractivity contribution in [2.24, 2.45) is 0 Å². The summed E-state index contributed by atoms with van der Waals surface area (Å²) in [6.07, 6.45) is 3.41. The van der Waals surface area contributed by atoms with Crippen molar-refractivity contribution in [3.63, 3.8) is 0 Å². The maximum Gasteiger partial charge on any atom is 0.0953 e. The Kier molecular flexibility index (Phi) is 4.26. The highest BCUT2D eigenvalue weighted by molar-refractivity contribution is 9.10. The molecule has 1 aromatic carbocycles. The zero-order valence-electron chi connectivity index (χ0n) is 9.41. The van der Waals surface area contributed by atoms with Crippen LogP contribution in [0.4, 0.5) is 0 Å². The van der Waals surface area contributed by atoms with Crippen molar-refractivity contribution in [1.29, 1.82) is 0 Å². The van der Waals surface area contributed by atoms with Crippen LogP contribution in [0, 0.1) is 0 Å². The van der Waals surface area contributed by atoms with Gasteiger partial charge in [0.25, 0.3) is 0 Å². The number of hydrogen-bond donors (Lipinski definition) is 1. The Bertz CT molecular complexity index is 484. The first-order valence-corrected chi connectivity index (χ1v) is 6.60. The van der Waals surface area contributed by atoms with Crippen molar-refractivity contribution >= 4 is 27.5 Å². The number of hydrogen-bond acceptors (Lipinski definition) is 2. The molecule has 1 aromatic heterocycles. The van der Waals surface area contributed by atoms with Crippen LogP contribution in [0.5, 0.6) is 0 Å². The molecule has 1 unspecified atom stereocenters. The van der Waals surface area contributed by atoms with E-state index in [0.29, 0.717) is 0 Å². The Morgan fingerprint density at radius 1 is 1.41 bits per heavy atom. The third-order valence-electron chi connectivity index (χ3n) is 2.55. The second kappa shape index (κ2) is 5.71. The molecule has 0 aliphatic heterocycles. The third kappa shape index (κ3) is 2.92. The molecule has 0 spiro atoms. The van der Waals surface area contributed by atoms with Crippen molar-refractivity contribution in [3.8, 4) is 0 Å². The first-order valence-electron chi connectivity index (χ1n) is 5.42. The molecular formula is C13H13BrClNO. The van der Waals surface area contributed by atoms with Crippen LogP contribution in [0.25, 0.3) is 0 Å². The summed E-state index contributed by atoms with van der Waals surface area (Å²) in [5, 5.41) is 4.15. The molecule has 0 radical (unpaired) electrons. The van der Waals surface area contributed by atoms with Crippen molar-refractivity contribution in [2.75, 3.05) is 6.54 Å². The molecule has 0 aliphatic carbocycles. The molecule has 0 aliphatic rings. The topological polar surface area (TPSA) is 25.2 Å². The Morgan fingerprint density at radius 2 is 2.24 bits per heavy atom. The zero-order chi connectivity index (χ0) is 12.3. The van der Waals surface area contributed by atoms with Gasteiger partial charge >= 0.3 is 0 Å². The Morgan fingerprint density at radius 3 is 2.88 bits per heavy atom. The van der Waals surface area contributed by atoms with Gasteiger partial charge in [0.2, 0.25) is 0 Å². The predicted octanol–water partition coefficient (Wildman–Crippen LogP) is 4.39. The minimum atomic E-state index is 0.0590. The molecule has 0 bridgehead atoms. The van der Waals surface area contributed by atoms with E-state index >= 15 is 0 Å². The standard InChI is InChI=1S/C13H13BrClNO/c1-2-16-13(9-5-6-17-8-9)11-7-10(14)3-4-12(11)15/h3-8,13,16H,2H2,1H3. The van der Waals surface area contributed by atoms with E-state index in [0.717, 1.165) is 27.2 Å². The second-order valence-corrected chi connectivity index (χ2v) is 5.04. The third-order valence-corrected chi connectivity index (χ3v) is 3.39. The average molecular weight is 315 g/mol. The van der Waals surface area contributed by atoms with E-state index in [1.807, 2.05) is 24.3 Å². The molecule has 2 aromatic rings. The first kappa shape index (κ1) is 12.7. The lowest BCUT2D eigenvalue weighted by Gasteiger charge is -2.18. The number of nitrogens with one attached hydrogen (secondary N) is 1. The van der Waals surface area contributed by atoms with E-state index in [2.05, 4.69) is 28.2 Å². The summed E-state index contributed by atoms with van der Waals surface area (Å²) in [6.45, 7) is 2.93. The van der Waals surface area contributed by atoms with Crippen molar-refractivity contribution in [1.82, 2.24) is 5.32 Å². The molecule has 4 heteroatoms. The summed E-state index contributed by atoms with van der Waals surface area (Å²) in [6, 6.07) is 7.87. The number of furan rings is 1. The van der Waals surface area contributed by atoms with Gasteiger partial charge in [0, 0.05) is 15.1 Å². The lowest BCUT2D eigenvalue weighted by Crippen LogP contribution is -2.21. The average Bonchev–Trinajstić information content (AvgIpc) is 2.83. The maximum absolute atomic E-state index is 6.25. The molecule has 2 rings (SSSR count). The second-order valence-electron chi connectivity index (χ2n) is 3.71. The molecule has 90 valence electrons. The van der Waals surface area contributed by atoms with Gasteiger partial charge in [-0.25, -0.2) is 0 Å². The minimum absolute atomic E-state index is 0.0590. The molecule has 17 heavy (non-hydrogen) atoms. The summed E-state index contributed by atoms with van der Waals surface area (Å²) in [5.74, 6) is 0. The Balaban J connectivity index is 2.42. The molecular weight excluding hydrogens is 302 g/mol. The van der Waals surface area contributed by atoms with Crippen LogP contribution in [0.3, 0.4) is 0 Å². The highest BCUT2D eigenvalue weighted by atomic mass is 79.9. The molecule has 2 nitrogen and oxygen atoms in total. The van der Waals surface area contributed by atoms with Crippen LogP contribution in [0.2, 0.25) is 5.02 Å². The zero-order valence-corrected chi connectivity index (χ0v) is 11.8. The fourth-order valence-electron chi connectivity index (χ4n) is 1.79. The molecule has 0 fully saturated rings. The van der Waals surface area contributed by atoms with Crippen molar-refractivity contribution in [3.05, 3.63) is 57.4 Å². The molecule has 1 atom stereocenters. The number of benzene rings is 1. The molecule has 0 saturated heterocycles. The summed E-state index contributed by atoms with van der Waals surface area (Å²) in [7, 11) is 0. The normalized spacial score (nSPS) is 12.6. The van der Waals surface area contributed by atoms with Crippen LogP contribution in [0.1, 0.15) is 24.1 Å². The molecule has 0 saturated carbocycles. The van der Waals surface area contributed by atoms with Crippen molar-refractivity contribution in [2.45, 2.75) is 13.0 Å². The van der Waals surface area contributed by atoms with Gasteiger partial charge in [-0.2, -0.15) is 0 Å². The summed E-state index contributed by atoms with van der Waals surface area (Å²) in [4.78, 5) is 0. The van der Waals surface area contributed by atoms with Gasteiger partial charge < -0.3 is 9.73 Å². The van der Waals surface area contributed by atoms with E-state index in [1.165, 1.54) is 0 Å². The monoisotopic (exact) mass is 313 g/mol. The van der Waals surface area contributed by atoms with Crippen LogP contribution < -0.4 is 5.32 Å². The van der Waals surface area contributed by atoms with Gasteiger partial charge in [0.15, 0.2) is 0 Å². The van der Waals surface area contributed by atoms with Crippen LogP contribution in [0.15, 0.2) is 45.7 Å². The summed E-state index contributed by atoms with van der Waals surface area (Å²) < 4.78 is 6.16. The maximum atomic E-state index is 6.25. The minimum Gasteiger partial charge on any atom is -0.472 e. The fourth-order valence-corrected chi connectivity index (χ4v) is 2.39. The van der Waals surface area contributed by atoms with Crippen LogP contribution in [-0.2, 0) is 0 Å². The Labute approximate surface area is 114 Å². The smallest absolute Gasteiger partial charge is 0.0953 e. The van der Waals surface area contributed by atoms with E-state index in [4.69, 9.17) is 16.0 Å². The first-order chi connectivity index (χ1) is 8.22. The SMILES string of the molecule is CCNC(c1ccoc1)c1cc(Br)ccc1Cl. The van der Waals surface area contributed by atoms with Gasteiger partial charge in [-0.3, -0.25) is 0 Å². The van der Waals surface area contributed by atoms with E-state index < -0.39 is 0 Å². The van der Waals surface area contributed by atoms with Gasteiger partial charge in [-0.05, 0) is 36.4 Å². The highest BCUT2D eigenvalue weighted by Crippen LogP contribution is 2.30. The van der Waals surface area contributed by atoms with Crippen molar-refractivity contribution < 1.29 is 4.42 Å². The molecule has 0 amide bonds. The lowest BCUT2D eigenvalue weighted by atomic mass is 10.0. The summed E-state index contributed by atoms with van der Waals surface area (Å²) >= 11 is 9.72. The van der Waals surface area contributed by atoms with Gasteiger partial charge in [-0.1, -0.05) is 34.5 Å². The Hall–Kier alpha value is -0.770. The summed E-state index contributed by atoms with van der Waals surface area (Å²) in [5.41, 5.74) is 2.12.